The van der Waals surface area contributed by atoms with Crippen LogP contribution >= 0.6 is 0 Å². The van der Waals surface area contributed by atoms with Gasteiger partial charge in [0.25, 0.3) is 0 Å². The minimum atomic E-state index is -4.66. The van der Waals surface area contributed by atoms with Crippen molar-refractivity contribution in [3.63, 3.8) is 0 Å². The van der Waals surface area contributed by atoms with Crippen molar-refractivity contribution in [3.8, 4) is 11.1 Å². The molecule has 5 nitrogen and oxygen atoms in total. The maximum absolute atomic E-state index is 14.2. The number of aryl methyl sites for hydroxylation is 2. The van der Waals surface area contributed by atoms with Gasteiger partial charge in [-0.2, -0.15) is 13.2 Å². The number of ketones is 1. The third-order valence-electron chi connectivity index (χ3n) is 6.29. The summed E-state index contributed by atoms with van der Waals surface area (Å²) in [5.74, 6) is -2.23. The van der Waals surface area contributed by atoms with Crippen LogP contribution in [0.2, 0.25) is 0 Å². The molecule has 0 radical (unpaired) electrons. The van der Waals surface area contributed by atoms with Gasteiger partial charge in [-0.25, -0.2) is 13.8 Å². The molecule has 3 heterocycles. The van der Waals surface area contributed by atoms with Gasteiger partial charge in [0, 0.05) is 30.8 Å². The Morgan fingerprint density at radius 3 is 2.33 bits per heavy atom. The summed E-state index contributed by atoms with van der Waals surface area (Å²) in [6.07, 6.45) is -2.61. The maximum atomic E-state index is 14.2. The molecule has 5 rings (SSSR count). The molecule has 0 aliphatic rings. The van der Waals surface area contributed by atoms with E-state index in [9.17, 15) is 26.7 Å². The number of fused-ring (bicyclic) bond motifs is 2. The SMILES string of the molecule is CCc1nc2cc(-c3cccn4c(C(=O)c5cc(F)c(N)c(F)c5)ccc34)c(C(F)(F)F)cc2n1C. The van der Waals surface area contributed by atoms with Crippen molar-refractivity contribution in [1.82, 2.24) is 14.0 Å². The number of carbonyl (C=O) groups is 1. The zero-order valence-corrected chi connectivity index (χ0v) is 19.1. The highest BCUT2D eigenvalue weighted by atomic mass is 19.4. The van der Waals surface area contributed by atoms with Crippen LogP contribution < -0.4 is 5.73 Å². The molecule has 3 aromatic heterocycles. The fourth-order valence-electron chi connectivity index (χ4n) is 4.48. The molecule has 0 saturated heterocycles. The van der Waals surface area contributed by atoms with Crippen molar-refractivity contribution in [2.24, 2.45) is 7.05 Å². The Balaban J connectivity index is 1.72. The van der Waals surface area contributed by atoms with Crippen molar-refractivity contribution in [2.45, 2.75) is 19.5 Å². The number of pyridine rings is 1. The first-order valence-electron chi connectivity index (χ1n) is 11.0. The van der Waals surface area contributed by atoms with E-state index in [2.05, 4.69) is 4.98 Å². The van der Waals surface area contributed by atoms with E-state index in [1.807, 2.05) is 6.92 Å². The largest absolute Gasteiger partial charge is 0.417 e. The molecule has 0 aliphatic heterocycles. The molecule has 10 heteroatoms. The van der Waals surface area contributed by atoms with E-state index in [0.29, 0.717) is 28.8 Å². The first kappa shape index (κ1) is 23.5. The minimum Gasteiger partial charge on any atom is -0.394 e. The second-order valence-electron chi connectivity index (χ2n) is 8.40. The lowest BCUT2D eigenvalue weighted by Gasteiger charge is -2.15. The van der Waals surface area contributed by atoms with Crippen LogP contribution in [0.3, 0.4) is 0 Å². The van der Waals surface area contributed by atoms with E-state index in [1.54, 1.807) is 11.6 Å². The predicted octanol–water partition coefficient (Wildman–Crippen LogP) is 6.17. The summed E-state index contributed by atoms with van der Waals surface area (Å²) in [5.41, 5.74) is 4.70. The number of carbonyl (C=O) groups excluding carboxylic acids is 1. The fraction of sp³-hybridized carbons (Fsp3) is 0.154. The third kappa shape index (κ3) is 3.60. The van der Waals surface area contributed by atoms with Crippen LogP contribution in [0, 0.1) is 11.6 Å². The van der Waals surface area contributed by atoms with Crippen LogP contribution in [0.1, 0.15) is 34.4 Å². The molecule has 2 aromatic carbocycles. The van der Waals surface area contributed by atoms with Crippen LogP contribution in [0.5, 0.6) is 0 Å². The summed E-state index contributed by atoms with van der Waals surface area (Å²) in [7, 11) is 1.67. The average Bonchev–Trinajstić information content (AvgIpc) is 3.41. The molecule has 0 fully saturated rings. The Hall–Kier alpha value is -4.21. The number of benzene rings is 2. The lowest BCUT2D eigenvalue weighted by Crippen LogP contribution is -2.09. The zero-order chi connectivity index (χ0) is 25.9. The molecule has 0 spiro atoms. The number of aromatic nitrogens is 3. The Morgan fingerprint density at radius 1 is 1.00 bits per heavy atom. The van der Waals surface area contributed by atoms with Gasteiger partial charge in [0.15, 0.2) is 0 Å². The van der Waals surface area contributed by atoms with Crippen LogP contribution in [0.4, 0.5) is 27.6 Å². The number of nitrogens with zero attached hydrogens (tertiary/aromatic N) is 3. The van der Waals surface area contributed by atoms with Gasteiger partial charge in [-0.15, -0.1) is 0 Å². The van der Waals surface area contributed by atoms with Gasteiger partial charge in [-0.1, -0.05) is 13.0 Å². The molecule has 36 heavy (non-hydrogen) atoms. The molecule has 5 aromatic rings. The molecular formula is C26H19F5N4O. The molecule has 0 saturated carbocycles. The fourth-order valence-corrected chi connectivity index (χ4v) is 4.48. The Labute approximate surface area is 201 Å². The van der Waals surface area contributed by atoms with Gasteiger partial charge in [0.2, 0.25) is 5.78 Å². The summed E-state index contributed by atoms with van der Waals surface area (Å²) in [5, 5.41) is 0. The monoisotopic (exact) mass is 498 g/mol. The second-order valence-corrected chi connectivity index (χ2v) is 8.40. The molecule has 0 unspecified atom stereocenters. The number of hydrogen-bond donors (Lipinski definition) is 1. The molecular weight excluding hydrogens is 479 g/mol. The summed E-state index contributed by atoms with van der Waals surface area (Å²) in [6, 6.07) is 10.0. The predicted molar refractivity (Wildman–Crippen MR) is 126 cm³/mol. The number of halogens is 5. The van der Waals surface area contributed by atoms with Gasteiger partial charge >= 0.3 is 6.18 Å². The van der Waals surface area contributed by atoms with E-state index in [-0.39, 0.29) is 22.4 Å². The number of nitrogens with two attached hydrogens (primary N) is 1. The standard InChI is InChI=1S/C26H19F5N4O/c1-3-23-33-19-11-15(16(26(29,30)31)12-22(19)34(23)2)14-5-4-8-35-20(14)6-7-21(35)25(36)13-9-17(27)24(32)18(28)10-13/h4-12H,3,32H2,1-2H3. The molecule has 0 aliphatic carbocycles. The Bertz CT molecular complexity index is 1660. The van der Waals surface area contributed by atoms with Crippen LogP contribution in [-0.2, 0) is 19.6 Å². The normalized spacial score (nSPS) is 12.1. The molecule has 184 valence electrons. The number of nitrogen functional groups attached to an aromatic ring is 1. The van der Waals surface area contributed by atoms with Crippen LogP contribution in [0.25, 0.3) is 27.7 Å². The topological polar surface area (TPSA) is 65.3 Å². The number of hydrogen-bond acceptors (Lipinski definition) is 3. The quantitative estimate of drug-likeness (QED) is 0.183. The van der Waals surface area contributed by atoms with Gasteiger partial charge in [0.1, 0.15) is 23.1 Å². The van der Waals surface area contributed by atoms with E-state index in [1.165, 1.54) is 40.9 Å². The molecule has 2 N–H and O–H groups in total. The maximum Gasteiger partial charge on any atom is 0.417 e. The number of imidazole rings is 1. The first-order valence-corrected chi connectivity index (χ1v) is 11.0. The lowest BCUT2D eigenvalue weighted by atomic mass is 9.98. The number of anilines is 1. The number of alkyl halides is 3. The number of rotatable bonds is 4. The highest BCUT2D eigenvalue weighted by Crippen LogP contribution is 2.41. The summed E-state index contributed by atoms with van der Waals surface area (Å²) < 4.78 is 73.4. The first-order chi connectivity index (χ1) is 17.0. The van der Waals surface area contributed by atoms with E-state index in [0.717, 1.165) is 18.2 Å². The molecule has 0 amide bonds. The van der Waals surface area contributed by atoms with Gasteiger partial charge in [-0.3, -0.25) is 4.79 Å². The summed E-state index contributed by atoms with van der Waals surface area (Å²) in [4.78, 5) is 17.5. The average molecular weight is 498 g/mol. The van der Waals surface area contributed by atoms with Crippen molar-refractivity contribution < 1.29 is 26.7 Å². The summed E-state index contributed by atoms with van der Waals surface area (Å²) >= 11 is 0. The second kappa shape index (κ2) is 8.18. The molecule has 0 atom stereocenters. The van der Waals surface area contributed by atoms with Gasteiger partial charge in [-0.05, 0) is 48.0 Å². The van der Waals surface area contributed by atoms with Crippen molar-refractivity contribution in [3.05, 3.63) is 89.0 Å². The van der Waals surface area contributed by atoms with E-state index >= 15 is 0 Å². The Kier molecular flexibility index (Phi) is 5.35. The highest BCUT2D eigenvalue weighted by molar-refractivity contribution is 6.09. The van der Waals surface area contributed by atoms with E-state index < -0.39 is 34.8 Å². The van der Waals surface area contributed by atoms with Crippen molar-refractivity contribution in [1.29, 1.82) is 0 Å². The minimum absolute atomic E-state index is 0.0242. The third-order valence-corrected chi connectivity index (χ3v) is 6.29. The summed E-state index contributed by atoms with van der Waals surface area (Å²) in [6.45, 7) is 1.87. The van der Waals surface area contributed by atoms with E-state index in [4.69, 9.17) is 5.73 Å². The highest BCUT2D eigenvalue weighted by Gasteiger charge is 2.35. The molecule has 0 bridgehead atoms. The zero-order valence-electron chi connectivity index (χ0n) is 19.1. The van der Waals surface area contributed by atoms with Crippen molar-refractivity contribution >= 4 is 28.0 Å². The lowest BCUT2D eigenvalue weighted by molar-refractivity contribution is -0.137. The van der Waals surface area contributed by atoms with Gasteiger partial charge < -0.3 is 14.7 Å². The van der Waals surface area contributed by atoms with Gasteiger partial charge in [0.05, 0.1) is 27.8 Å². The smallest absolute Gasteiger partial charge is 0.394 e. The van der Waals surface area contributed by atoms with Crippen LogP contribution in [0.15, 0.2) is 54.7 Å². The Morgan fingerprint density at radius 2 is 1.69 bits per heavy atom. The van der Waals surface area contributed by atoms with Crippen LogP contribution in [-0.4, -0.2) is 19.7 Å². The van der Waals surface area contributed by atoms with Crippen molar-refractivity contribution in [2.75, 3.05) is 5.73 Å².